The van der Waals surface area contributed by atoms with E-state index in [2.05, 4.69) is 5.32 Å². The van der Waals surface area contributed by atoms with Gasteiger partial charge in [-0.3, -0.25) is 4.79 Å². The molecule has 6 heteroatoms. The lowest BCUT2D eigenvalue weighted by atomic mass is 10.1. The number of amides is 1. The zero-order valence-corrected chi connectivity index (χ0v) is 11.6. The maximum Gasteiger partial charge on any atom is 0.405 e. The van der Waals surface area contributed by atoms with Crippen LogP contribution in [0.1, 0.15) is 25.8 Å². The van der Waals surface area contributed by atoms with Crippen LogP contribution in [-0.4, -0.2) is 24.7 Å². The number of carbonyl (C=O) groups excluding carboxylic acids is 1. The second-order valence-electron chi connectivity index (χ2n) is 4.61. The van der Waals surface area contributed by atoms with Gasteiger partial charge in [0, 0.05) is 5.69 Å². The highest BCUT2D eigenvalue weighted by Gasteiger charge is 2.28. The molecule has 1 aromatic carbocycles. The lowest BCUT2D eigenvalue weighted by Crippen LogP contribution is -2.42. The van der Waals surface area contributed by atoms with E-state index in [0.717, 1.165) is 24.1 Å². The molecule has 1 aromatic rings. The smallest absolute Gasteiger partial charge is 0.374 e. The predicted octanol–water partition coefficient (Wildman–Crippen LogP) is 3.12. The minimum atomic E-state index is -4.39. The highest BCUT2D eigenvalue weighted by molar-refractivity contribution is 5.84. The van der Waals surface area contributed by atoms with Crippen molar-refractivity contribution in [3.63, 3.8) is 0 Å². The Hall–Kier alpha value is -1.72. The van der Waals surface area contributed by atoms with Crippen LogP contribution in [0.3, 0.4) is 0 Å². The summed E-state index contributed by atoms with van der Waals surface area (Å²) in [6.07, 6.45) is -2.59. The van der Waals surface area contributed by atoms with Gasteiger partial charge in [-0.25, -0.2) is 0 Å². The van der Waals surface area contributed by atoms with Crippen molar-refractivity contribution >= 4 is 11.6 Å². The first kappa shape index (κ1) is 16.3. The average Bonchev–Trinajstić information content (AvgIpc) is 2.37. The third-order valence-corrected chi connectivity index (χ3v) is 2.77. The summed E-state index contributed by atoms with van der Waals surface area (Å²) in [5.41, 5.74) is 1.83. The molecule has 20 heavy (non-hydrogen) atoms. The molecule has 0 radical (unpaired) electrons. The molecular formula is C14H19F3N2O. The van der Waals surface area contributed by atoms with E-state index < -0.39 is 24.7 Å². The van der Waals surface area contributed by atoms with Crippen molar-refractivity contribution < 1.29 is 18.0 Å². The van der Waals surface area contributed by atoms with Crippen LogP contribution in [0.4, 0.5) is 18.9 Å². The first-order valence-corrected chi connectivity index (χ1v) is 6.52. The summed E-state index contributed by atoms with van der Waals surface area (Å²) in [7, 11) is 0. The molecule has 0 fully saturated rings. The maximum absolute atomic E-state index is 12.0. The summed E-state index contributed by atoms with van der Waals surface area (Å²) < 4.78 is 36.1. The monoisotopic (exact) mass is 288 g/mol. The highest BCUT2D eigenvalue weighted by atomic mass is 19.4. The SMILES string of the molecule is CCCc1ccccc1NC(C)C(=O)NCC(F)(F)F. The molecule has 0 bridgehead atoms. The highest BCUT2D eigenvalue weighted by Crippen LogP contribution is 2.18. The molecular weight excluding hydrogens is 269 g/mol. The van der Waals surface area contributed by atoms with Crippen LogP contribution in [0.5, 0.6) is 0 Å². The van der Waals surface area contributed by atoms with E-state index in [-0.39, 0.29) is 0 Å². The van der Waals surface area contributed by atoms with Gasteiger partial charge in [-0.05, 0) is 25.0 Å². The molecule has 1 atom stereocenters. The number of alkyl halides is 3. The van der Waals surface area contributed by atoms with Gasteiger partial charge >= 0.3 is 6.18 Å². The summed E-state index contributed by atoms with van der Waals surface area (Å²) >= 11 is 0. The van der Waals surface area contributed by atoms with Crippen molar-refractivity contribution in [1.82, 2.24) is 5.32 Å². The lowest BCUT2D eigenvalue weighted by Gasteiger charge is -2.18. The van der Waals surface area contributed by atoms with Crippen molar-refractivity contribution in [3.05, 3.63) is 29.8 Å². The second kappa shape index (κ2) is 7.17. The zero-order chi connectivity index (χ0) is 15.2. The van der Waals surface area contributed by atoms with Crippen molar-refractivity contribution in [2.24, 2.45) is 0 Å². The van der Waals surface area contributed by atoms with Gasteiger partial charge in [-0.15, -0.1) is 0 Å². The van der Waals surface area contributed by atoms with E-state index in [9.17, 15) is 18.0 Å². The standard InChI is InChI=1S/C14H19F3N2O/c1-3-6-11-7-4-5-8-12(11)19-10(2)13(20)18-9-14(15,16)17/h4-5,7-8,10,19H,3,6,9H2,1-2H3,(H,18,20). The Bertz CT molecular complexity index is 446. The molecule has 0 saturated carbocycles. The Balaban J connectivity index is 2.61. The average molecular weight is 288 g/mol. The van der Waals surface area contributed by atoms with E-state index in [1.54, 1.807) is 0 Å². The number of aryl methyl sites for hydroxylation is 1. The Labute approximate surface area is 116 Å². The number of benzene rings is 1. The molecule has 0 saturated heterocycles. The number of carbonyl (C=O) groups is 1. The summed E-state index contributed by atoms with van der Waals surface area (Å²) in [6.45, 7) is 2.26. The van der Waals surface area contributed by atoms with Crippen LogP contribution in [0, 0.1) is 0 Å². The molecule has 0 spiro atoms. The largest absolute Gasteiger partial charge is 0.405 e. The molecule has 1 amide bonds. The van der Waals surface area contributed by atoms with Crippen molar-refractivity contribution in [3.8, 4) is 0 Å². The van der Waals surface area contributed by atoms with E-state index in [1.165, 1.54) is 6.92 Å². The maximum atomic E-state index is 12.0. The van der Waals surface area contributed by atoms with Gasteiger partial charge in [0.15, 0.2) is 0 Å². The molecule has 2 N–H and O–H groups in total. The number of anilines is 1. The quantitative estimate of drug-likeness (QED) is 0.844. The van der Waals surface area contributed by atoms with E-state index in [4.69, 9.17) is 0 Å². The molecule has 3 nitrogen and oxygen atoms in total. The third-order valence-electron chi connectivity index (χ3n) is 2.77. The van der Waals surface area contributed by atoms with E-state index in [0.29, 0.717) is 0 Å². The predicted molar refractivity (Wildman–Crippen MR) is 72.6 cm³/mol. The molecule has 0 heterocycles. The summed E-state index contributed by atoms with van der Waals surface area (Å²) in [4.78, 5) is 11.6. The van der Waals surface area contributed by atoms with Crippen LogP contribution >= 0.6 is 0 Å². The van der Waals surface area contributed by atoms with Crippen LogP contribution < -0.4 is 10.6 Å². The van der Waals surface area contributed by atoms with Gasteiger partial charge in [0.25, 0.3) is 0 Å². The Kier molecular flexibility index (Phi) is 5.85. The van der Waals surface area contributed by atoms with Crippen molar-refractivity contribution in [1.29, 1.82) is 0 Å². The summed E-state index contributed by atoms with van der Waals surface area (Å²) in [6, 6.07) is 6.74. The third kappa shape index (κ3) is 5.50. The minimum Gasteiger partial charge on any atom is -0.374 e. The van der Waals surface area contributed by atoms with Crippen LogP contribution in [-0.2, 0) is 11.2 Å². The molecule has 1 rings (SSSR count). The number of rotatable bonds is 6. The molecule has 1 unspecified atom stereocenters. The Morgan fingerprint density at radius 1 is 1.30 bits per heavy atom. The van der Waals surface area contributed by atoms with Gasteiger partial charge in [-0.1, -0.05) is 31.5 Å². The fourth-order valence-electron chi connectivity index (χ4n) is 1.79. The topological polar surface area (TPSA) is 41.1 Å². The number of para-hydroxylation sites is 1. The van der Waals surface area contributed by atoms with Crippen LogP contribution in [0.2, 0.25) is 0 Å². The Morgan fingerprint density at radius 3 is 2.55 bits per heavy atom. The fraction of sp³-hybridized carbons (Fsp3) is 0.500. The van der Waals surface area contributed by atoms with E-state index in [1.807, 2.05) is 36.5 Å². The van der Waals surface area contributed by atoms with Crippen LogP contribution in [0.15, 0.2) is 24.3 Å². The molecule has 0 aliphatic rings. The van der Waals surface area contributed by atoms with Crippen LogP contribution in [0.25, 0.3) is 0 Å². The van der Waals surface area contributed by atoms with Gasteiger partial charge < -0.3 is 10.6 Å². The second-order valence-corrected chi connectivity index (χ2v) is 4.61. The normalized spacial score (nSPS) is 12.8. The molecule has 0 aromatic heterocycles. The van der Waals surface area contributed by atoms with Gasteiger partial charge in [0.1, 0.15) is 12.6 Å². The van der Waals surface area contributed by atoms with E-state index >= 15 is 0 Å². The summed E-state index contributed by atoms with van der Waals surface area (Å²) in [5, 5.41) is 4.82. The van der Waals surface area contributed by atoms with Gasteiger partial charge in [0.2, 0.25) is 5.91 Å². The number of hydrogen-bond donors (Lipinski definition) is 2. The van der Waals surface area contributed by atoms with Gasteiger partial charge in [0.05, 0.1) is 0 Å². The van der Waals surface area contributed by atoms with Gasteiger partial charge in [-0.2, -0.15) is 13.2 Å². The minimum absolute atomic E-state index is 0.673. The molecule has 0 aliphatic carbocycles. The number of nitrogens with one attached hydrogen (secondary N) is 2. The number of halogens is 3. The summed E-state index contributed by atoms with van der Waals surface area (Å²) in [5.74, 6) is -0.673. The zero-order valence-electron chi connectivity index (χ0n) is 11.6. The van der Waals surface area contributed by atoms with Crippen molar-refractivity contribution in [2.75, 3.05) is 11.9 Å². The number of hydrogen-bond acceptors (Lipinski definition) is 2. The first-order valence-electron chi connectivity index (χ1n) is 6.52. The van der Waals surface area contributed by atoms with Crippen molar-refractivity contribution in [2.45, 2.75) is 38.9 Å². The molecule has 0 aliphatic heterocycles. The Morgan fingerprint density at radius 2 is 1.95 bits per heavy atom. The lowest BCUT2D eigenvalue weighted by molar-refractivity contribution is -0.138. The first-order chi connectivity index (χ1) is 9.33. The molecule has 112 valence electrons. The fourth-order valence-corrected chi connectivity index (χ4v) is 1.79.